The summed E-state index contributed by atoms with van der Waals surface area (Å²) in [7, 11) is 0. The number of halogens is 1. The SMILES string of the molecule is C=C(Br)/C=c1/ccc(=O)[nH]/c1=C/C. The van der Waals surface area contributed by atoms with Crippen LogP contribution in [0.4, 0.5) is 0 Å². The minimum atomic E-state index is -0.0922. The van der Waals surface area contributed by atoms with Crippen LogP contribution >= 0.6 is 15.9 Å². The summed E-state index contributed by atoms with van der Waals surface area (Å²) in [5.41, 5.74) is -0.0922. The molecule has 0 unspecified atom stereocenters. The molecule has 2 nitrogen and oxygen atoms in total. The lowest BCUT2D eigenvalue weighted by Crippen LogP contribution is -2.33. The van der Waals surface area contributed by atoms with Gasteiger partial charge in [-0.3, -0.25) is 4.79 Å². The molecule has 3 heteroatoms. The van der Waals surface area contributed by atoms with E-state index in [0.29, 0.717) is 0 Å². The van der Waals surface area contributed by atoms with Crippen molar-refractivity contribution in [3.63, 3.8) is 0 Å². The fourth-order valence-electron chi connectivity index (χ4n) is 1.04. The van der Waals surface area contributed by atoms with Crippen LogP contribution in [-0.2, 0) is 0 Å². The first-order valence-electron chi connectivity index (χ1n) is 3.85. The van der Waals surface area contributed by atoms with Crippen LogP contribution in [-0.4, -0.2) is 4.98 Å². The van der Waals surface area contributed by atoms with Gasteiger partial charge in [0.25, 0.3) is 0 Å². The molecule has 0 aliphatic heterocycles. The molecule has 0 saturated carbocycles. The first-order chi connectivity index (χ1) is 6.13. The molecule has 1 N–H and O–H groups in total. The average Bonchev–Trinajstić information content (AvgIpc) is 2.07. The number of nitrogens with one attached hydrogen (secondary N) is 1. The number of allylic oxidation sites excluding steroid dienone is 1. The van der Waals surface area contributed by atoms with Gasteiger partial charge in [0, 0.05) is 15.9 Å². The van der Waals surface area contributed by atoms with Crippen LogP contribution in [0.1, 0.15) is 6.92 Å². The lowest BCUT2D eigenvalue weighted by Gasteiger charge is -1.89. The van der Waals surface area contributed by atoms with Gasteiger partial charge < -0.3 is 4.98 Å². The van der Waals surface area contributed by atoms with E-state index in [1.807, 2.05) is 19.1 Å². The van der Waals surface area contributed by atoms with Gasteiger partial charge in [-0.15, -0.1) is 0 Å². The Hall–Kier alpha value is -1.09. The molecule has 0 atom stereocenters. The Morgan fingerprint density at radius 3 is 2.85 bits per heavy atom. The molecule has 0 aliphatic rings. The molecule has 1 rings (SSSR count). The first kappa shape index (κ1) is 9.99. The Kier molecular flexibility index (Phi) is 3.25. The van der Waals surface area contributed by atoms with Gasteiger partial charge in [-0.25, -0.2) is 0 Å². The van der Waals surface area contributed by atoms with Gasteiger partial charge in [0.2, 0.25) is 5.56 Å². The quantitative estimate of drug-likeness (QED) is 0.776. The molecule has 0 radical (unpaired) electrons. The largest absolute Gasteiger partial charge is 0.322 e. The van der Waals surface area contributed by atoms with Crippen LogP contribution < -0.4 is 16.1 Å². The van der Waals surface area contributed by atoms with Crippen LogP contribution in [0.2, 0.25) is 0 Å². The fraction of sp³-hybridized carbons (Fsp3) is 0.100. The first-order valence-corrected chi connectivity index (χ1v) is 4.64. The van der Waals surface area contributed by atoms with E-state index < -0.39 is 0 Å². The predicted octanol–water partition coefficient (Wildman–Crippen LogP) is 0.864. The summed E-state index contributed by atoms with van der Waals surface area (Å²) in [6.45, 7) is 5.58. The summed E-state index contributed by atoms with van der Waals surface area (Å²) in [6.07, 6.45) is 3.70. The minimum absolute atomic E-state index is 0.0922. The molecular formula is C10H10BrNO. The summed E-state index contributed by atoms with van der Waals surface area (Å²) in [6, 6.07) is 3.26. The number of hydrogen-bond acceptors (Lipinski definition) is 1. The maximum atomic E-state index is 11.0. The van der Waals surface area contributed by atoms with Crippen molar-refractivity contribution in [1.29, 1.82) is 0 Å². The molecule has 0 fully saturated rings. The number of aromatic nitrogens is 1. The van der Waals surface area contributed by atoms with Gasteiger partial charge in [0.15, 0.2) is 0 Å². The molecule has 13 heavy (non-hydrogen) atoms. The van der Waals surface area contributed by atoms with Crippen molar-refractivity contribution in [2.75, 3.05) is 0 Å². The Morgan fingerprint density at radius 2 is 2.31 bits per heavy atom. The smallest absolute Gasteiger partial charge is 0.248 e. The van der Waals surface area contributed by atoms with Gasteiger partial charge in [-0.05, 0) is 24.3 Å². The lowest BCUT2D eigenvalue weighted by atomic mass is 10.3. The summed E-state index contributed by atoms with van der Waals surface area (Å²) in [5, 5.41) is 1.76. The molecule has 0 amide bonds. The molecule has 0 spiro atoms. The third-order valence-corrected chi connectivity index (χ3v) is 1.81. The Labute approximate surface area is 84.4 Å². The molecule has 1 heterocycles. The summed E-state index contributed by atoms with van der Waals surface area (Å²) in [5.74, 6) is 0. The second-order valence-corrected chi connectivity index (χ2v) is 3.59. The molecule has 0 aliphatic carbocycles. The predicted molar refractivity (Wildman–Crippen MR) is 59.0 cm³/mol. The molecule has 68 valence electrons. The van der Waals surface area contributed by atoms with Crippen LogP contribution in [0.5, 0.6) is 0 Å². The van der Waals surface area contributed by atoms with Crippen molar-refractivity contribution in [3.8, 4) is 0 Å². The molecule has 1 aromatic heterocycles. The summed E-state index contributed by atoms with van der Waals surface area (Å²) >= 11 is 3.24. The second kappa shape index (κ2) is 4.23. The Balaban J connectivity index is 3.58. The second-order valence-electron chi connectivity index (χ2n) is 2.57. The van der Waals surface area contributed by atoms with Crippen LogP contribution in [0.15, 0.2) is 28.0 Å². The summed E-state index contributed by atoms with van der Waals surface area (Å²) < 4.78 is 0.780. The molecular weight excluding hydrogens is 230 g/mol. The van der Waals surface area contributed by atoms with Crippen molar-refractivity contribution in [3.05, 3.63) is 44.1 Å². The third-order valence-electron chi connectivity index (χ3n) is 1.58. The van der Waals surface area contributed by atoms with E-state index in [1.54, 1.807) is 6.07 Å². The van der Waals surface area contributed by atoms with Crippen molar-refractivity contribution in [2.45, 2.75) is 6.92 Å². The van der Waals surface area contributed by atoms with E-state index >= 15 is 0 Å². The average molecular weight is 240 g/mol. The minimum Gasteiger partial charge on any atom is -0.322 e. The monoisotopic (exact) mass is 239 g/mol. The topological polar surface area (TPSA) is 32.9 Å². The Bertz CT molecular complexity index is 484. The maximum Gasteiger partial charge on any atom is 0.248 e. The van der Waals surface area contributed by atoms with E-state index in [0.717, 1.165) is 15.1 Å². The van der Waals surface area contributed by atoms with E-state index in [1.165, 1.54) is 6.07 Å². The number of hydrogen-bond donors (Lipinski definition) is 1. The van der Waals surface area contributed by atoms with Gasteiger partial charge in [0.1, 0.15) is 0 Å². The summed E-state index contributed by atoms with van der Waals surface area (Å²) in [4.78, 5) is 13.7. The third kappa shape index (κ3) is 2.70. The lowest BCUT2D eigenvalue weighted by molar-refractivity contribution is 1.15. The Morgan fingerprint density at radius 1 is 1.62 bits per heavy atom. The number of pyridine rings is 1. The number of H-pyrrole nitrogens is 1. The zero-order valence-corrected chi connectivity index (χ0v) is 8.89. The van der Waals surface area contributed by atoms with E-state index in [4.69, 9.17) is 0 Å². The fourth-order valence-corrected chi connectivity index (χ4v) is 1.28. The highest BCUT2D eigenvalue weighted by Gasteiger charge is 1.86. The standard InChI is InChI=1S/C10H10BrNO/c1-3-9-8(6-7(2)11)4-5-10(13)12-9/h3-6H,2H2,1H3,(H,12,13)/b8-6-,9-3+. The van der Waals surface area contributed by atoms with E-state index in [-0.39, 0.29) is 5.56 Å². The van der Waals surface area contributed by atoms with Crippen LogP contribution in [0.25, 0.3) is 12.2 Å². The van der Waals surface area contributed by atoms with Gasteiger partial charge in [-0.1, -0.05) is 28.6 Å². The van der Waals surface area contributed by atoms with E-state index in [9.17, 15) is 4.79 Å². The normalized spacial score (nSPS) is 13.4. The maximum absolute atomic E-state index is 11.0. The highest BCUT2D eigenvalue weighted by atomic mass is 79.9. The van der Waals surface area contributed by atoms with E-state index in [2.05, 4.69) is 27.5 Å². The van der Waals surface area contributed by atoms with Gasteiger partial charge in [0.05, 0.1) is 0 Å². The number of aromatic amines is 1. The highest BCUT2D eigenvalue weighted by molar-refractivity contribution is 9.12. The number of rotatable bonds is 1. The molecule has 0 aromatic carbocycles. The van der Waals surface area contributed by atoms with Gasteiger partial charge >= 0.3 is 0 Å². The highest BCUT2D eigenvalue weighted by Crippen LogP contribution is 1.99. The van der Waals surface area contributed by atoms with Crippen LogP contribution in [0.3, 0.4) is 0 Å². The van der Waals surface area contributed by atoms with Crippen LogP contribution in [0, 0.1) is 0 Å². The van der Waals surface area contributed by atoms with Gasteiger partial charge in [-0.2, -0.15) is 0 Å². The zero-order chi connectivity index (χ0) is 9.84. The van der Waals surface area contributed by atoms with Crippen molar-refractivity contribution >= 4 is 28.1 Å². The van der Waals surface area contributed by atoms with Crippen molar-refractivity contribution in [1.82, 2.24) is 4.98 Å². The molecule has 1 aromatic rings. The molecule has 0 bridgehead atoms. The zero-order valence-electron chi connectivity index (χ0n) is 7.30. The van der Waals surface area contributed by atoms with Crippen molar-refractivity contribution in [2.24, 2.45) is 0 Å². The van der Waals surface area contributed by atoms with Crippen molar-refractivity contribution < 1.29 is 0 Å². The molecule has 0 saturated heterocycles.